The second kappa shape index (κ2) is 8.98. The summed E-state index contributed by atoms with van der Waals surface area (Å²) >= 11 is 0. The van der Waals surface area contributed by atoms with Gasteiger partial charge in [0, 0.05) is 6.21 Å². The number of benzene rings is 4. The van der Waals surface area contributed by atoms with Gasteiger partial charge in [-0.25, -0.2) is 8.42 Å². The van der Waals surface area contributed by atoms with Crippen molar-refractivity contribution in [3.8, 4) is 16.9 Å². The molecule has 0 amide bonds. The number of rotatable bonds is 6. The zero-order valence-corrected chi connectivity index (χ0v) is 17.8. The Hall–Kier alpha value is -3.70. The quantitative estimate of drug-likeness (QED) is 0.358. The molecule has 0 N–H and O–H groups in total. The van der Waals surface area contributed by atoms with Gasteiger partial charge in [-0.3, -0.25) is 4.99 Å². The second-order valence-electron chi connectivity index (χ2n) is 6.90. The van der Waals surface area contributed by atoms with Crippen molar-refractivity contribution in [2.24, 2.45) is 4.99 Å². The number of sulfone groups is 1. The molecule has 0 aliphatic heterocycles. The molecule has 4 rings (SSSR count). The Labute approximate surface area is 182 Å². The van der Waals surface area contributed by atoms with E-state index in [-0.39, 0.29) is 9.79 Å². The number of aliphatic imine (C=N–C) groups is 1. The third-order valence-corrected chi connectivity index (χ3v) is 6.65. The van der Waals surface area contributed by atoms with Gasteiger partial charge in [0.25, 0.3) is 0 Å². The molecule has 0 radical (unpaired) electrons. The molecule has 0 fully saturated rings. The predicted molar refractivity (Wildman–Crippen MR) is 124 cm³/mol. The largest absolute Gasteiger partial charge is 0.494 e. The monoisotopic (exact) mass is 427 g/mol. The standard InChI is InChI=1S/C26H21NO3S/c1-30-26-17-16-24(31(28,29)23-10-6-3-7-11-23)18-25(26)27-19-20-12-14-22(15-13-20)21-8-4-2-5-9-21/h2-19H,1H3. The molecule has 0 bridgehead atoms. The Morgan fingerprint density at radius 1 is 0.710 bits per heavy atom. The van der Waals surface area contributed by atoms with Gasteiger partial charge in [-0.15, -0.1) is 0 Å². The van der Waals surface area contributed by atoms with Crippen molar-refractivity contribution in [3.63, 3.8) is 0 Å². The maximum Gasteiger partial charge on any atom is 0.206 e. The Morgan fingerprint density at radius 2 is 1.32 bits per heavy atom. The molecule has 0 aromatic heterocycles. The lowest BCUT2D eigenvalue weighted by molar-refractivity contribution is 0.416. The highest BCUT2D eigenvalue weighted by Crippen LogP contribution is 2.32. The first-order valence-electron chi connectivity index (χ1n) is 9.76. The van der Waals surface area contributed by atoms with Gasteiger partial charge in [-0.2, -0.15) is 0 Å². The van der Waals surface area contributed by atoms with E-state index in [0.717, 1.165) is 16.7 Å². The van der Waals surface area contributed by atoms with Crippen LogP contribution >= 0.6 is 0 Å². The smallest absolute Gasteiger partial charge is 0.206 e. The summed E-state index contributed by atoms with van der Waals surface area (Å²) in [7, 11) is -2.10. The van der Waals surface area contributed by atoms with E-state index in [0.29, 0.717) is 11.4 Å². The summed E-state index contributed by atoms with van der Waals surface area (Å²) in [6.07, 6.45) is 1.70. The van der Waals surface area contributed by atoms with E-state index in [2.05, 4.69) is 17.1 Å². The van der Waals surface area contributed by atoms with Crippen LogP contribution in [-0.4, -0.2) is 21.7 Å². The van der Waals surface area contributed by atoms with Crippen molar-refractivity contribution >= 4 is 21.7 Å². The predicted octanol–water partition coefficient (Wildman–Crippen LogP) is 5.95. The summed E-state index contributed by atoms with van der Waals surface area (Å²) in [6.45, 7) is 0. The molecule has 0 spiro atoms. The normalized spacial score (nSPS) is 11.5. The van der Waals surface area contributed by atoms with Crippen LogP contribution in [0.2, 0.25) is 0 Å². The van der Waals surface area contributed by atoms with Crippen LogP contribution in [0.15, 0.2) is 118 Å². The van der Waals surface area contributed by atoms with Crippen LogP contribution in [0.25, 0.3) is 11.1 Å². The van der Waals surface area contributed by atoms with E-state index in [4.69, 9.17) is 4.74 Å². The molecule has 0 heterocycles. The third kappa shape index (κ3) is 4.57. The van der Waals surface area contributed by atoms with E-state index >= 15 is 0 Å². The van der Waals surface area contributed by atoms with Crippen LogP contribution in [-0.2, 0) is 9.84 Å². The average molecular weight is 428 g/mol. The SMILES string of the molecule is COc1ccc(S(=O)(=O)c2ccccc2)cc1N=Cc1ccc(-c2ccccc2)cc1. The molecule has 0 saturated carbocycles. The minimum absolute atomic E-state index is 0.172. The van der Waals surface area contributed by atoms with Crippen LogP contribution in [0.1, 0.15) is 5.56 Å². The lowest BCUT2D eigenvalue weighted by Gasteiger charge is -2.09. The fourth-order valence-electron chi connectivity index (χ4n) is 3.21. The summed E-state index contributed by atoms with van der Waals surface area (Å²) in [6, 6.07) is 31.2. The highest BCUT2D eigenvalue weighted by molar-refractivity contribution is 7.91. The molecule has 0 aliphatic rings. The van der Waals surface area contributed by atoms with Crippen LogP contribution < -0.4 is 4.74 Å². The molecular weight excluding hydrogens is 406 g/mol. The van der Waals surface area contributed by atoms with Crippen LogP contribution in [0.5, 0.6) is 5.75 Å². The molecule has 5 heteroatoms. The molecule has 4 aromatic carbocycles. The van der Waals surface area contributed by atoms with E-state index in [9.17, 15) is 8.42 Å². The number of hydrogen-bond acceptors (Lipinski definition) is 4. The van der Waals surface area contributed by atoms with Gasteiger partial charge < -0.3 is 4.74 Å². The molecule has 31 heavy (non-hydrogen) atoms. The van der Waals surface area contributed by atoms with Crippen molar-refractivity contribution < 1.29 is 13.2 Å². The highest BCUT2D eigenvalue weighted by atomic mass is 32.2. The summed E-state index contributed by atoms with van der Waals surface area (Å²) in [5.74, 6) is 0.504. The Kier molecular flexibility index (Phi) is 5.96. The van der Waals surface area contributed by atoms with E-state index in [1.54, 1.807) is 42.6 Å². The average Bonchev–Trinajstić information content (AvgIpc) is 2.84. The van der Waals surface area contributed by atoms with Crippen LogP contribution in [0.3, 0.4) is 0 Å². The number of nitrogens with zero attached hydrogens (tertiary/aromatic N) is 1. The molecule has 0 aliphatic carbocycles. The van der Waals surface area contributed by atoms with Crippen molar-refractivity contribution in [2.75, 3.05) is 7.11 Å². The van der Waals surface area contributed by atoms with Gasteiger partial charge in [0.2, 0.25) is 9.84 Å². The minimum atomic E-state index is -3.64. The maximum absolute atomic E-state index is 12.9. The molecule has 0 unspecified atom stereocenters. The highest BCUT2D eigenvalue weighted by Gasteiger charge is 2.19. The van der Waals surface area contributed by atoms with Gasteiger partial charge >= 0.3 is 0 Å². The fourth-order valence-corrected chi connectivity index (χ4v) is 4.51. The number of methoxy groups -OCH3 is 1. The van der Waals surface area contributed by atoms with Gasteiger partial charge in [0.05, 0.1) is 16.9 Å². The van der Waals surface area contributed by atoms with Crippen molar-refractivity contribution in [3.05, 3.63) is 109 Å². The third-order valence-electron chi connectivity index (χ3n) is 4.88. The minimum Gasteiger partial charge on any atom is -0.494 e. The van der Waals surface area contributed by atoms with Gasteiger partial charge in [-0.1, -0.05) is 72.8 Å². The van der Waals surface area contributed by atoms with Crippen LogP contribution in [0, 0.1) is 0 Å². The fraction of sp³-hybridized carbons (Fsp3) is 0.0385. The van der Waals surface area contributed by atoms with Gasteiger partial charge in [-0.05, 0) is 47.0 Å². The molecule has 4 aromatic rings. The maximum atomic E-state index is 12.9. The molecule has 0 atom stereocenters. The number of ether oxygens (including phenoxy) is 1. The summed E-state index contributed by atoms with van der Waals surface area (Å²) in [5.41, 5.74) is 3.61. The lowest BCUT2D eigenvalue weighted by atomic mass is 10.0. The van der Waals surface area contributed by atoms with Crippen molar-refractivity contribution in [2.45, 2.75) is 9.79 Å². The van der Waals surface area contributed by atoms with Crippen molar-refractivity contribution in [1.29, 1.82) is 0 Å². The first-order valence-corrected chi connectivity index (χ1v) is 11.2. The Balaban J connectivity index is 1.63. The van der Waals surface area contributed by atoms with Gasteiger partial charge in [0.15, 0.2) is 0 Å². The Morgan fingerprint density at radius 3 is 1.97 bits per heavy atom. The van der Waals surface area contributed by atoms with E-state index in [1.807, 2.05) is 42.5 Å². The molecule has 154 valence electrons. The van der Waals surface area contributed by atoms with E-state index in [1.165, 1.54) is 19.2 Å². The summed E-state index contributed by atoms with van der Waals surface area (Å²) in [5, 5.41) is 0. The number of hydrogen-bond donors (Lipinski definition) is 0. The zero-order valence-electron chi connectivity index (χ0n) is 17.0. The Bertz CT molecular complexity index is 1300. The van der Waals surface area contributed by atoms with Gasteiger partial charge in [0.1, 0.15) is 11.4 Å². The first-order chi connectivity index (χ1) is 15.1. The summed E-state index contributed by atoms with van der Waals surface area (Å²) in [4.78, 5) is 4.92. The lowest BCUT2D eigenvalue weighted by Crippen LogP contribution is -2.01. The van der Waals surface area contributed by atoms with E-state index < -0.39 is 9.84 Å². The molecule has 4 nitrogen and oxygen atoms in total. The first kappa shape index (κ1) is 20.6. The molecular formula is C26H21NO3S. The van der Waals surface area contributed by atoms with Crippen LogP contribution in [0.4, 0.5) is 5.69 Å². The molecule has 0 saturated heterocycles. The topological polar surface area (TPSA) is 55.7 Å². The zero-order chi connectivity index (χ0) is 21.7. The van der Waals surface area contributed by atoms with Crippen molar-refractivity contribution in [1.82, 2.24) is 0 Å². The summed E-state index contributed by atoms with van der Waals surface area (Å²) < 4.78 is 31.3. The second-order valence-corrected chi connectivity index (χ2v) is 8.85.